The van der Waals surface area contributed by atoms with Crippen LogP contribution < -0.4 is 19.5 Å². The van der Waals surface area contributed by atoms with Crippen molar-refractivity contribution in [3.63, 3.8) is 0 Å². The summed E-state index contributed by atoms with van der Waals surface area (Å²) in [5.74, 6) is -3.54. The summed E-state index contributed by atoms with van der Waals surface area (Å²) in [7, 11) is -2.55. The van der Waals surface area contributed by atoms with Crippen LogP contribution in [0.3, 0.4) is 0 Å². The Labute approximate surface area is 331 Å². The Morgan fingerprint density at radius 1 is 1.14 bits per heavy atom. The maximum Gasteiger partial charge on any atom is 0.306 e. The monoisotopic (exact) mass is 814 g/mol. The van der Waals surface area contributed by atoms with Gasteiger partial charge in [-0.2, -0.15) is 0 Å². The Morgan fingerprint density at radius 3 is 2.61 bits per heavy atom. The van der Waals surface area contributed by atoms with Gasteiger partial charge in [0, 0.05) is 29.2 Å². The molecule has 3 amide bonds. The van der Waals surface area contributed by atoms with Crippen LogP contribution in [0.5, 0.6) is 11.5 Å². The zero-order chi connectivity index (χ0) is 40.9. The van der Waals surface area contributed by atoms with E-state index in [9.17, 15) is 36.4 Å². The van der Waals surface area contributed by atoms with Gasteiger partial charge in [0.05, 0.1) is 36.4 Å². The number of nitrogens with zero attached hydrogens (tertiary/aromatic N) is 2. The molecule has 0 bridgehead atoms. The van der Waals surface area contributed by atoms with Crippen molar-refractivity contribution in [2.24, 2.45) is 11.8 Å². The Balaban J connectivity index is 1.26. The first-order valence-corrected chi connectivity index (χ1v) is 21.6. The van der Waals surface area contributed by atoms with Gasteiger partial charge in [-0.05, 0) is 89.8 Å². The van der Waals surface area contributed by atoms with E-state index in [-0.39, 0.29) is 50.5 Å². The van der Waals surface area contributed by atoms with Crippen LogP contribution in [-0.2, 0) is 40.4 Å². The third-order valence-corrected chi connectivity index (χ3v) is 14.8. The Bertz CT molecular complexity index is 2090. The van der Waals surface area contributed by atoms with Gasteiger partial charge in [0.25, 0.3) is 12.3 Å². The lowest BCUT2D eigenvalue weighted by atomic mass is 9.87. The lowest BCUT2D eigenvalue weighted by Gasteiger charge is -2.37. The maximum atomic E-state index is 14.8. The number of methoxy groups -OCH3 is 1. The van der Waals surface area contributed by atoms with Crippen LogP contribution in [0.4, 0.5) is 8.78 Å². The predicted molar refractivity (Wildman–Crippen MR) is 205 cm³/mol. The standard InChI is InChI=1S/C41H52F2N4O9S/c1-5-24(2)55-32(48)19-25-11-9-7-6-8-10-12-26-21-41(26,38(51)46-57(52,53)39(3)17-18-39)45-36(49)31-22-40(23-47(31)37(25)50)16-15-28-29-20-27(54-4)13-14-30(29)44-33(35(42)43)34(28)56-40/h10,12-14,20,24-26,31,35H,5-9,11,15-19,21-23H2,1-4H3,(H,45,49)(H,46,51)/b12-10-/t24-,25-,26-,31+,40-,41-/m1/s1. The van der Waals surface area contributed by atoms with Gasteiger partial charge in [0.1, 0.15) is 28.6 Å². The topological polar surface area (TPSA) is 170 Å². The summed E-state index contributed by atoms with van der Waals surface area (Å²) in [5, 5.41) is 3.45. The van der Waals surface area contributed by atoms with Crippen molar-refractivity contribution in [3.05, 3.63) is 41.6 Å². The number of pyridine rings is 1. The first-order chi connectivity index (χ1) is 27.0. The number of esters is 1. The van der Waals surface area contributed by atoms with Crippen LogP contribution in [-0.4, -0.2) is 83.7 Å². The van der Waals surface area contributed by atoms with E-state index in [0.717, 1.165) is 12.8 Å². The molecule has 1 spiro atoms. The van der Waals surface area contributed by atoms with Crippen molar-refractivity contribution in [2.75, 3.05) is 13.7 Å². The smallest absolute Gasteiger partial charge is 0.306 e. The number of aryl methyl sites for hydroxylation is 1. The average molecular weight is 815 g/mol. The second-order valence-electron chi connectivity index (χ2n) is 16.8. The molecule has 1 aromatic heterocycles. The number of carbonyl (C=O) groups is 4. The van der Waals surface area contributed by atoms with E-state index in [0.29, 0.717) is 60.7 Å². The first kappa shape index (κ1) is 40.8. The number of fused-ring (bicyclic) bond motifs is 5. The first-order valence-electron chi connectivity index (χ1n) is 20.1. The number of amides is 3. The summed E-state index contributed by atoms with van der Waals surface area (Å²) < 4.78 is 74.6. The number of rotatable bonds is 9. The van der Waals surface area contributed by atoms with Gasteiger partial charge in [0.2, 0.25) is 21.8 Å². The van der Waals surface area contributed by atoms with Crippen molar-refractivity contribution in [2.45, 2.75) is 139 Å². The zero-order valence-corrected chi connectivity index (χ0v) is 33.7. The number of aromatic nitrogens is 1. The Morgan fingerprint density at radius 2 is 1.91 bits per heavy atom. The number of hydrogen-bond donors (Lipinski definition) is 2. The van der Waals surface area contributed by atoms with Crippen LogP contribution in [0, 0.1) is 11.8 Å². The molecule has 3 aliphatic heterocycles. The fourth-order valence-corrected chi connectivity index (χ4v) is 9.81. The summed E-state index contributed by atoms with van der Waals surface area (Å²) in [5.41, 5.74) is -2.60. The van der Waals surface area contributed by atoms with Gasteiger partial charge in [-0.15, -0.1) is 0 Å². The highest BCUT2D eigenvalue weighted by Gasteiger charge is 2.64. The van der Waals surface area contributed by atoms with Gasteiger partial charge >= 0.3 is 5.97 Å². The van der Waals surface area contributed by atoms with Crippen molar-refractivity contribution in [3.8, 4) is 11.5 Å². The lowest BCUT2D eigenvalue weighted by molar-refractivity contribution is -0.153. The molecule has 1 saturated heterocycles. The number of ether oxygens (including phenoxy) is 3. The second-order valence-corrected chi connectivity index (χ2v) is 19.0. The second kappa shape index (κ2) is 15.4. The molecule has 2 aromatic rings. The molecule has 3 fully saturated rings. The third kappa shape index (κ3) is 7.94. The van der Waals surface area contributed by atoms with Crippen LogP contribution in [0.1, 0.15) is 116 Å². The molecular weight excluding hydrogens is 763 g/mol. The largest absolute Gasteiger partial charge is 0.497 e. The molecule has 310 valence electrons. The average Bonchev–Trinajstić information content (AvgIpc) is 4.07. The Kier molecular flexibility index (Phi) is 11.1. The minimum absolute atomic E-state index is 0.108. The van der Waals surface area contributed by atoms with Gasteiger partial charge in [-0.3, -0.25) is 23.9 Å². The molecule has 6 atom stereocenters. The molecular formula is C41H52F2N4O9S. The predicted octanol–water partition coefficient (Wildman–Crippen LogP) is 5.59. The highest BCUT2D eigenvalue weighted by molar-refractivity contribution is 7.91. The van der Waals surface area contributed by atoms with Crippen LogP contribution in [0.2, 0.25) is 0 Å². The quantitative estimate of drug-likeness (QED) is 0.241. The molecule has 7 rings (SSSR count). The van der Waals surface area contributed by atoms with E-state index in [4.69, 9.17) is 14.2 Å². The number of nitrogens with one attached hydrogen (secondary N) is 2. The molecule has 2 saturated carbocycles. The van der Waals surface area contributed by atoms with Crippen molar-refractivity contribution >= 4 is 44.6 Å². The number of alkyl halides is 2. The van der Waals surface area contributed by atoms with Gasteiger partial charge in [0.15, 0.2) is 5.75 Å². The third-order valence-electron chi connectivity index (χ3n) is 12.7. The van der Waals surface area contributed by atoms with Gasteiger partial charge < -0.3 is 24.4 Å². The Hall–Kier alpha value is -4.34. The highest BCUT2D eigenvalue weighted by Crippen LogP contribution is 2.50. The summed E-state index contributed by atoms with van der Waals surface area (Å²) in [4.78, 5) is 62.2. The summed E-state index contributed by atoms with van der Waals surface area (Å²) in [6, 6.07) is 3.71. The summed E-state index contributed by atoms with van der Waals surface area (Å²) in [6.07, 6.45) is 5.26. The van der Waals surface area contributed by atoms with Gasteiger partial charge in [-0.25, -0.2) is 22.2 Å². The minimum atomic E-state index is -4.05. The number of sulfonamides is 1. The molecule has 5 aliphatic rings. The normalized spacial score (nSPS) is 29.5. The summed E-state index contributed by atoms with van der Waals surface area (Å²) >= 11 is 0. The molecule has 0 radical (unpaired) electrons. The molecule has 57 heavy (non-hydrogen) atoms. The van der Waals surface area contributed by atoms with Crippen molar-refractivity contribution in [1.29, 1.82) is 0 Å². The van der Waals surface area contributed by atoms with Crippen molar-refractivity contribution in [1.82, 2.24) is 19.9 Å². The fraction of sp³-hybridized carbons (Fsp3) is 0.634. The lowest BCUT2D eigenvalue weighted by Crippen LogP contribution is -2.57. The molecule has 4 heterocycles. The van der Waals surface area contributed by atoms with E-state index >= 15 is 0 Å². The van der Waals surface area contributed by atoms with Crippen molar-refractivity contribution < 1.29 is 50.6 Å². The van der Waals surface area contributed by atoms with E-state index in [1.54, 1.807) is 32.0 Å². The van der Waals surface area contributed by atoms with Gasteiger partial charge in [-0.1, -0.05) is 31.9 Å². The van der Waals surface area contributed by atoms with E-state index in [1.807, 2.05) is 19.1 Å². The van der Waals surface area contributed by atoms with Crippen LogP contribution >= 0.6 is 0 Å². The SMILES string of the molecule is CC[C@@H](C)OC(=O)C[C@H]1CCCCC/C=C\[C@@H]2C[C@@]2(C(=O)NS(=O)(=O)C2(C)CC2)NC(=O)[C@@H]2C[C@]3(CCc4c(c(C(F)F)nc5ccc(OC)cc45)O3)CN2C1=O. The minimum Gasteiger partial charge on any atom is -0.497 e. The van der Waals surface area contributed by atoms with Crippen LogP contribution in [0.15, 0.2) is 30.4 Å². The van der Waals surface area contributed by atoms with E-state index in [2.05, 4.69) is 15.0 Å². The summed E-state index contributed by atoms with van der Waals surface area (Å²) in [6.45, 7) is 5.05. The number of halogens is 2. The number of allylic oxidation sites excluding steroid dienone is 1. The molecule has 1 aromatic carbocycles. The number of benzene rings is 1. The van der Waals surface area contributed by atoms with Crippen LogP contribution in [0.25, 0.3) is 10.9 Å². The number of carbonyl (C=O) groups excluding carboxylic acids is 4. The highest BCUT2D eigenvalue weighted by atomic mass is 32.2. The number of hydrogen-bond acceptors (Lipinski definition) is 10. The fourth-order valence-electron chi connectivity index (χ4n) is 8.50. The van der Waals surface area contributed by atoms with E-state index < -0.39 is 79.6 Å². The molecule has 2 aliphatic carbocycles. The molecule has 0 unspecified atom stereocenters. The molecule has 2 N–H and O–H groups in total. The van der Waals surface area contributed by atoms with E-state index in [1.165, 1.54) is 12.0 Å². The molecule has 16 heteroatoms. The maximum absolute atomic E-state index is 14.8. The zero-order valence-electron chi connectivity index (χ0n) is 32.9. The molecule has 13 nitrogen and oxygen atoms in total.